The molecule has 0 atom stereocenters. The van der Waals surface area contributed by atoms with Crippen molar-refractivity contribution in [2.24, 2.45) is 0 Å². The molecule has 1 fully saturated rings. The molecular weight excluding hydrogens is 278 g/mol. The second-order valence-electron chi connectivity index (χ2n) is 4.83. The molecule has 1 aromatic carbocycles. The number of ether oxygens (including phenoxy) is 2. The van der Waals surface area contributed by atoms with Crippen LogP contribution < -0.4 is 0 Å². The fraction of sp³-hybridized carbons (Fsp3) is 0.429. The van der Waals surface area contributed by atoms with Crippen LogP contribution in [0.15, 0.2) is 34.6 Å². The van der Waals surface area contributed by atoms with E-state index in [0.29, 0.717) is 22.8 Å². The molecule has 6 heteroatoms. The van der Waals surface area contributed by atoms with Gasteiger partial charge in [-0.3, -0.25) is 4.90 Å². The Bertz CT molecular complexity index is 618. The average Bonchev–Trinajstić information content (AvgIpc) is 2.72. The van der Waals surface area contributed by atoms with Gasteiger partial charge in [-0.15, -0.1) is 0 Å². The first-order chi connectivity index (χ1) is 9.67. The summed E-state index contributed by atoms with van der Waals surface area (Å²) in [4.78, 5) is 2.58. The lowest BCUT2D eigenvalue weighted by atomic mass is 10.2. The summed E-state index contributed by atoms with van der Waals surface area (Å²) in [6, 6.07) is 6.93. The molecule has 2 aliphatic rings. The normalized spacial score (nSPS) is 21.3. The minimum absolute atomic E-state index is 0.335. The van der Waals surface area contributed by atoms with Crippen molar-refractivity contribution in [1.82, 2.24) is 4.90 Å². The van der Waals surface area contributed by atoms with E-state index in [1.807, 2.05) is 6.07 Å². The van der Waals surface area contributed by atoms with E-state index in [2.05, 4.69) is 4.90 Å². The van der Waals surface area contributed by atoms with Gasteiger partial charge in [0.05, 0.1) is 23.5 Å². The Labute approximate surface area is 118 Å². The number of morpholine rings is 1. The molecule has 2 heterocycles. The molecule has 0 radical (unpaired) electrons. The van der Waals surface area contributed by atoms with Gasteiger partial charge in [-0.2, -0.15) is 0 Å². The lowest BCUT2D eigenvalue weighted by molar-refractivity contribution is 0.0306. The highest BCUT2D eigenvalue weighted by molar-refractivity contribution is 7.94. The van der Waals surface area contributed by atoms with Crippen LogP contribution in [0.5, 0.6) is 0 Å². The van der Waals surface area contributed by atoms with Gasteiger partial charge in [-0.05, 0) is 12.1 Å². The van der Waals surface area contributed by atoms with Crippen molar-refractivity contribution in [3.63, 3.8) is 0 Å². The molecule has 108 valence electrons. The number of sulfone groups is 1. The molecule has 0 aliphatic carbocycles. The SMILES string of the molecule is O=S1(=O)C=C(OCCN2CCOCC2)c2ccccc21. The van der Waals surface area contributed by atoms with E-state index >= 15 is 0 Å². The lowest BCUT2D eigenvalue weighted by Gasteiger charge is -2.26. The summed E-state index contributed by atoms with van der Waals surface area (Å²) in [6.45, 7) is 4.56. The zero-order valence-corrected chi connectivity index (χ0v) is 11.9. The monoisotopic (exact) mass is 295 g/mol. The molecule has 0 aromatic heterocycles. The maximum absolute atomic E-state index is 11.9. The molecule has 0 spiro atoms. The Balaban J connectivity index is 1.64. The Morgan fingerprint density at radius 1 is 1.20 bits per heavy atom. The number of hydrogen-bond donors (Lipinski definition) is 0. The van der Waals surface area contributed by atoms with Crippen LogP contribution in [0.4, 0.5) is 0 Å². The zero-order chi connectivity index (χ0) is 14.0. The van der Waals surface area contributed by atoms with Crippen LogP contribution in [-0.2, 0) is 19.3 Å². The topological polar surface area (TPSA) is 55.8 Å². The predicted octanol–water partition coefficient (Wildman–Crippen LogP) is 1.12. The molecule has 0 saturated carbocycles. The summed E-state index contributed by atoms with van der Waals surface area (Å²) in [5.41, 5.74) is 0.662. The van der Waals surface area contributed by atoms with Gasteiger partial charge >= 0.3 is 0 Å². The van der Waals surface area contributed by atoms with Gasteiger partial charge in [0.25, 0.3) is 0 Å². The van der Waals surface area contributed by atoms with Crippen molar-refractivity contribution in [2.75, 3.05) is 39.5 Å². The number of hydrogen-bond acceptors (Lipinski definition) is 5. The third kappa shape index (κ3) is 2.72. The Morgan fingerprint density at radius 2 is 1.95 bits per heavy atom. The van der Waals surface area contributed by atoms with Gasteiger partial charge in [0.1, 0.15) is 12.4 Å². The summed E-state index contributed by atoms with van der Waals surface area (Å²) in [6.07, 6.45) is 0. The summed E-state index contributed by atoms with van der Waals surface area (Å²) < 4.78 is 34.8. The molecule has 0 amide bonds. The first kappa shape index (κ1) is 13.6. The van der Waals surface area contributed by atoms with E-state index in [9.17, 15) is 8.42 Å². The fourth-order valence-electron chi connectivity index (χ4n) is 2.41. The Kier molecular flexibility index (Phi) is 3.78. The quantitative estimate of drug-likeness (QED) is 0.833. The van der Waals surface area contributed by atoms with Crippen molar-refractivity contribution in [1.29, 1.82) is 0 Å². The highest BCUT2D eigenvalue weighted by Gasteiger charge is 2.27. The minimum atomic E-state index is -3.33. The van der Waals surface area contributed by atoms with Gasteiger partial charge in [-0.25, -0.2) is 8.42 Å². The third-order valence-electron chi connectivity index (χ3n) is 3.49. The van der Waals surface area contributed by atoms with Crippen LogP contribution in [0.2, 0.25) is 0 Å². The van der Waals surface area contributed by atoms with Gasteiger partial charge in [0.2, 0.25) is 9.84 Å². The van der Waals surface area contributed by atoms with E-state index < -0.39 is 9.84 Å². The first-order valence-corrected chi connectivity index (χ1v) is 8.20. The molecule has 2 aliphatic heterocycles. The van der Waals surface area contributed by atoms with Gasteiger partial charge in [0, 0.05) is 25.2 Å². The van der Waals surface area contributed by atoms with E-state index in [1.54, 1.807) is 18.2 Å². The van der Waals surface area contributed by atoms with Crippen LogP contribution >= 0.6 is 0 Å². The zero-order valence-electron chi connectivity index (χ0n) is 11.1. The molecule has 20 heavy (non-hydrogen) atoms. The number of nitrogens with zero attached hydrogens (tertiary/aromatic N) is 1. The van der Waals surface area contributed by atoms with E-state index in [1.165, 1.54) is 5.41 Å². The maximum Gasteiger partial charge on any atom is 0.204 e. The van der Waals surface area contributed by atoms with Crippen LogP contribution in [-0.4, -0.2) is 52.8 Å². The van der Waals surface area contributed by atoms with Crippen molar-refractivity contribution in [2.45, 2.75) is 4.90 Å². The summed E-state index contributed by atoms with van der Waals surface area (Å²) in [5, 5.41) is 1.22. The van der Waals surface area contributed by atoms with Crippen LogP contribution in [0.25, 0.3) is 5.76 Å². The summed E-state index contributed by atoms with van der Waals surface area (Å²) >= 11 is 0. The number of benzene rings is 1. The van der Waals surface area contributed by atoms with Crippen molar-refractivity contribution < 1.29 is 17.9 Å². The standard InChI is InChI=1S/C14H17NO4S/c16-20(17)11-13(12-3-1-2-4-14(12)20)19-10-7-15-5-8-18-9-6-15/h1-4,11H,5-10H2. The maximum atomic E-state index is 11.9. The molecule has 0 unspecified atom stereocenters. The molecule has 0 N–H and O–H groups in total. The first-order valence-electron chi connectivity index (χ1n) is 6.66. The molecule has 3 rings (SSSR count). The predicted molar refractivity (Wildman–Crippen MR) is 74.8 cm³/mol. The molecule has 5 nitrogen and oxygen atoms in total. The van der Waals surface area contributed by atoms with Crippen LogP contribution in [0.1, 0.15) is 5.56 Å². The van der Waals surface area contributed by atoms with E-state index in [4.69, 9.17) is 9.47 Å². The van der Waals surface area contributed by atoms with Crippen LogP contribution in [0.3, 0.4) is 0 Å². The molecular formula is C14H17NO4S. The molecule has 1 saturated heterocycles. The smallest absolute Gasteiger partial charge is 0.204 e. The van der Waals surface area contributed by atoms with E-state index in [-0.39, 0.29) is 0 Å². The average molecular weight is 295 g/mol. The van der Waals surface area contributed by atoms with Gasteiger partial charge in [-0.1, -0.05) is 12.1 Å². The molecule has 0 bridgehead atoms. The van der Waals surface area contributed by atoms with Crippen molar-refractivity contribution in [3.8, 4) is 0 Å². The van der Waals surface area contributed by atoms with Crippen LogP contribution in [0, 0.1) is 0 Å². The van der Waals surface area contributed by atoms with Gasteiger partial charge < -0.3 is 9.47 Å². The second-order valence-corrected chi connectivity index (χ2v) is 6.59. The third-order valence-corrected chi connectivity index (χ3v) is 4.98. The Hall–Kier alpha value is -1.37. The second kappa shape index (κ2) is 5.55. The fourth-order valence-corrected chi connectivity index (χ4v) is 3.75. The lowest BCUT2D eigenvalue weighted by Crippen LogP contribution is -2.38. The van der Waals surface area contributed by atoms with Gasteiger partial charge in [0.15, 0.2) is 0 Å². The summed E-state index contributed by atoms with van der Waals surface area (Å²) in [7, 11) is -3.33. The van der Waals surface area contributed by atoms with Crippen molar-refractivity contribution in [3.05, 3.63) is 35.2 Å². The van der Waals surface area contributed by atoms with E-state index in [0.717, 1.165) is 32.8 Å². The summed E-state index contributed by atoms with van der Waals surface area (Å²) in [5.74, 6) is 0.453. The van der Waals surface area contributed by atoms with Crippen molar-refractivity contribution >= 4 is 15.6 Å². The highest BCUT2D eigenvalue weighted by atomic mass is 32.2. The highest BCUT2D eigenvalue weighted by Crippen LogP contribution is 2.33. The number of fused-ring (bicyclic) bond motifs is 1. The number of rotatable bonds is 4. The minimum Gasteiger partial charge on any atom is -0.491 e. The Morgan fingerprint density at radius 3 is 2.75 bits per heavy atom. The molecule has 1 aromatic rings. The largest absolute Gasteiger partial charge is 0.491 e.